The highest BCUT2D eigenvalue weighted by Gasteiger charge is 2.24. The zero-order valence-corrected chi connectivity index (χ0v) is 12.2. The van der Waals surface area contributed by atoms with Crippen LogP contribution in [0, 0.1) is 6.92 Å². The van der Waals surface area contributed by atoms with Crippen molar-refractivity contribution in [1.82, 2.24) is 15.1 Å². The van der Waals surface area contributed by atoms with E-state index in [4.69, 9.17) is 4.74 Å². The Hall–Kier alpha value is -0.390. The van der Waals surface area contributed by atoms with Crippen LogP contribution >= 0.6 is 15.9 Å². The quantitative estimate of drug-likeness (QED) is 0.926. The van der Waals surface area contributed by atoms with Crippen molar-refractivity contribution >= 4 is 15.9 Å². The average molecular weight is 302 g/mol. The Morgan fingerprint density at radius 1 is 1.53 bits per heavy atom. The molecule has 5 heteroatoms. The van der Waals surface area contributed by atoms with Gasteiger partial charge >= 0.3 is 0 Å². The summed E-state index contributed by atoms with van der Waals surface area (Å²) in [5.41, 5.74) is 2.26. The summed E-state index contributed by atoms with van der Waals surface area (Å²) in [7, 11) is 3.79. The summed E-state index contributed by atoms with van der Waals surface area (Å²) in [6.45, 7) is 2.88. The maximum absolute atomic E-state index is 5.38. The molecular weight excluding hydrogens is 282 g/mol. The zero-order valence-electron chi connectivity index (χ0n) is 10.7. The minimum atomic E-state index is 0.434. The third-order valence-electron chi connectivity index (χ3n) is 3.54. The summed E-state index contributed by atoms with van der Waals surface area (Å²) in [6.07, 6.45) is 3.92. The Kier molecular flexibility index (Phi) is 4.22. The van der Waals surface area contributed by atoms with Crippen LogP contribution in [0.15, 0.2) is 4.47 Å². The Balaban J connectivity index is 1.90. The molecule has 0 saturated heterocycles. The lowest BCUT2D eigenvalue weighted by molar-refractivity contribution is 0.107. The second-order valence-electron chi connectivity index (χ2n) is 4.72. The Labute approximate surface area is 111 Å². The molecule has 1 N–H and O–H groups in total. The van der Waals surface area contributed by atoms with E-state index < -0.39 is 0 Å². The topological polar surface area (TPSA) is 39.1 Å². The number of ether oxygens (including phenoxy) is 1. The molecule has 1 aromatic rings. The maximum atomic E-state index is 5.38. The Bertz CT molecular complexity index is 391. The second-order valence-corrected chi connectivity index (χ2v) is 5.51. The molecule has 1 saturated carbocycles. The van der Waals surface area contributed by atoms with Gasteiger partial charge in [-0.15, -0.1) is 0 Å². The first kappa shape index (κ1) is 13.1. The molecule has 0 radical (unpaired) electrons. The molecule has 1 fully saturated rings. The Morgan fingerprint density at radius 2 is 2.29 bits per heavy atom. The molecule has 17 heavy (non-hydrogen) atoms. The van der Waals surface area contributed by atoms with Crippen LogP contribution in [0.3, 0.4) is 0 Å². The average Bonchev–Trinajstić information content (AvgIpc) is 2.84. The molecule has 2 unspecified atom stereocenters. The van der Waals surface area contributed by atoms with Gasteiger partial charge in [-0.05, 0) is 42.1 Å². The van der Waals surface area contributed by atoms with Crippen molar-refractivity contribution in [2.24, 2.45) is 7.05 Å². The summed E-state index contributed by atoms with van der Waals surface area (Å²) in [6, 6.07) is 0.571. The maximum Gasteiger partial charge on any atom is 0.0739 e. The lowest BCUT2D eigenvalue weighted by Crippen LogP contribution is -2.27. The van der Waals surface area contributed by atoms with Crippen LogP contribution in [0.25, 0.3) is 0 Å². The van der Waals surface area contributed by atoms with Gasteiger partial charge in [-0.2, -0.15) is 5.10 Å². The molecule has 2 atom stereocenters. The van der Waals surface area contributed by atoms with E-state index in [1.54, 1.807) is 7.11 Å². The number of rotatable bonds is 4. The molecule has 96 valence electrons. The van der Waals surface area contributed by atoms with Gasteiger partial charge in [0.25, 0.3) is 0 Å². The van der Waals surface area contributed by atoms with Crippen molar-refractivity contribution in [2.75, 3.05) is 7.11 Å². The first-order valence-corrected chi connectivity index (χ1v) is 6.85. The number of nitrogens with one attached hydrogen (secondary N) is 1. The molecule has 0 aliphatic heterocycles. The van der Waals surface area contributed by atoms with Gasteiger partial charge in [0, 0.05) is 26.7 Å². The van der Waals surface area contributed by atoms with Crippen LogP contribution < -0.4 is 5.32 Å². The molecule has 0 spiro atoms. The van der Waals surface area contributed by atoms with Crippen LogP contribution in [-0.2, 0) is 18.3 Å². The SMILES string of the molecule is COC1CCC(NCc2c(Br)c(C)nn2C)C1. The standard InChI is InChI=1S/C12H20BrN3O/c1-8-12(13)11(16(2)15-8)7-14-9-4-5-10(6-9)17-3/h9-10,14H,4-7H2,1-3H3. The van der Waals surface area contributed by atoms with Gasteiger partial charge in [-0.1, -0.05) is 0 Å². The van der Waals surface area contributed by atoms with Crippen molar-refractivity contribution in [3.05, 3.63) is 15.9 Å². The highest BCUT2D eigenvalue weighted by molar-refractivity contribution is 9.10. The number of methoxy groups -OCH3 is 1. The molecule has 1 aliphatic carbocycles. The van der Waals surface area contributed by atoms with E-state index in [0.29, 0.717) is 12.1 Å². The highest BCUT2D eigenvalue weighted by Crippen LogP contribution is 2.23. The minimum Gasteiger partial charge on any atom is -0.381 e. The van der Waals surface area contributed by atoms with E-state index in [2.05, 4.69) is 26.3 Å². The van der Waals surface area contributed by atoms with E-state index in [0.717, 1.165) is 23.1 Å². The second kappa shape index (κ2) is 5.50. The van der Waals surface area contributed by atoms with Gasteiger partial charge in [0.15, 0.2) is 0 Å². The fraction of sp³-hybridized carbons (Fsp3) is 0.750. The van der Waals surface area contributed by atoms with E-state index in [-0.39, 0.29) is 0 Å². The summed E-state index contributed by atoms with van der Waals surface area (Å²) >= 11 is 3.59. The van der Waals surface area contributed by atoms with Gasteiger partial charge in [0.2, 0.25) is 0 Å². The van der Waals surface area contributed by atoms with E-state index in [1.807, 2.05) is 18.7 Å². The fourth-order valence-corrected chi connectivity index (χ4v) is 2.93. The van der Waals surface area contributed by atoms with Crippen molar-refractivity contribution in [3.8, 4) is 0 Å². The number of halogens is 1. The van der Waals surface area contributed by atoms with Crippen molar-refractivity contribution in [3.63, 3.8) is 0 Å². The molecular formula is C12H20BrN3O. The lowest BCUT2D eigenvalue weighted by Gasteiger charge is -2.13. The highest BCUT2D eigenvalue weighted by atomic mass is 79.9. The monoisotopic (exact) mass is 301 g/mol. The first-order valence-electron chi connectivity index (χ1n) is 6.06. The van der Waals surface area contributed by atoms with E-state index >= 15 is 0 Å². The number of hydrogen-bond acceptors (Lipinski definition) is 3. The normalized spacial score (nSPS) is 24.5. The Morgan fingerprint density at radius 3 is 2.82 bits per heavy atom. The summed E-state index contributed by atoms with van der Waals surface area (Å²) in [4.78, 5) is 0. The van der Waals surface area contributed by atoms with Gasteiger partial charge in [-0.25, -0.2) is 0 Å². The molecule has 0 bridgehead atoms. The number of hydrogen-bond donors (Lipinski definition) is 1. The van der Waals surface area contributed by atoms with Crippen LogP contribution in [-0.4, -0.2) is 29.0 Å². The summed E-state index contributed by atoms with van der Waals surface area (Å²) in [5, 5.41) is 7.98. The van der Waals surface area contributed by atoms with Crippen molar-refractivity contribution < 1.29 is 4.74 Å². The van der Waals surface area contributed by atoms with Gasteiger partial charge in [0.05, 0.1) is 22.0 Å². The van der Waals surface area contributed by atoms with Crippen LogP contribution in [0.5, 0.6) is 0 Å². The number of aromatic nitrogens is 2. The number of nitrogens with zero attached hydrogens (tertiary/aromatic N) is 2. The minimum absolute atomic E-state index is 0.434. The molecule has 4 nitrogen and oxygen atoms in total. The molecule has 1 aliphatic rings. The fourth-order valence-electron chi connectivity index (χ4n) is 2.45. The zero-order chi connectivity index (χ0) is 12.4. The van der Waals surface area contributed by atoms with Crippen LogP contribution in [0.1, 0.15) is 30.7 Å². The van der Waals surface area contributed by atoms with E-state index in [9.17, 15) is 0 Å². The molecule has 1 heterocycles. The largest absolute Gasteiger partial charge is 0.381 e. The molecule has 2 rings (SSSR count). The third-order valence-corrected chi connectivity index (χ3v) is 4.57. The number of aryl methyl sites for hydroxylation is 2. The third kappa shape index (κ3) is 2.89. The molecule has 1 aromatic heterocycles. The smallest absolute Gasteiger partial charge is 0.0739 e. The predicted octanol–water partition coefficient (Wildman–Crippen LogP) is 2.15. The lowest BCUT2D eigenvalue weighted by atomic mass is 10.2. The van der Waals surface area contributed by atoms with Crippen molar-refractivity contribution in [2.45, 2.75) is 44.9 Å². The van der Waals surface area contributed by atoms with Gasteiger partial charge in [-0.3, -0.25) is 4.68 Å². The van der Waals surface area contributed by atoms with Gasteiger partial charge in [0.1, 0.15) is 0 Å². The molecule has 0 amide bonds. The van der Waals surface area contributed by atoms with E-state index in [1.165, 1.54) is 18.5 Å². The molecule has 0 aromatic carbocycles. The summed E-state index contributed by atoms with van der Waals surface area (Å²) < 4.78 is 8.44. The predicted molar refractivity (Wildman–Crippen MR) is 70.9 cm³/mol. The van der Waals surface area contributed by atoms with Crippen LogP contribution in [0.4, 0.5) is 0 Å². The van der Waals surface area contributed by atoms with Gasteiger partial charge < -0.3 is 10.1 Å². The van der Waals surface area contributed by atoms with Crippen LogP contribution in [0.2, 0.25) is 0 Å². The van der Waals surface area contributed by atoms with Crippen molar-refractivity contribution in [1.29, 1.82) is 0 Å². The first-order chi connectivity index (χ1) is 8.11. The summed E-state index contributed by atoms with van der Waals surface area (Å²) in [5.74, 6) is 0.